The molecule has 0 fully saturated rings. The lowest BCUT2D eigenvalue weighted by Gasteiger charge is -2.07. The molecule has 1 atom stereocenters. The van der Waals surface area contributed by atoms with Gasteiger partial charge in [-0.2, -0.15) is 0 Å². The van der Waals surface area contributed by atoms with Crippen LogP contribution in [0.5, 0.6) is 0 Å². The first kappa shape index (κ1) is 9.88. The van der Waals surface area contributed by atoms with E-state index in [-0.39, 0.29) is 6.04 Å². The number of rotatable bonds is 5. The molecule has 2 heteroatoms. The van der Waals surface area contributed by atoms with Crippen LogP contribution in [0.3, 0.4) is 0 Å². The molecule has 0 aliphatic carbocycles. The lowest BCUT2D eigenvalue weighted by molar-refractivity contribution is 0.478. The lowest BCUT2D eigenvalue weighted by atomic mass is 10.1. The summed E-state index contributed by atoms with van der Waals surface area (Å²) in [4.78, 5) is 0. The molecular formula is C11H15NO. The summed E-state index contributed by atoms with van der Waals surface area (Å²) in [6.07, 6.45) is 10.3. The van der Waals surface area contributed by atoms with Crippen LogP contribution in [0.25, 0.3) is 0 Å². The van der Waals surface area contributed by atoms with Gasteiger partial charge in [-0.25, -0.2) is 0 Å². The number of terminal acetylenes is 1. The summed E-state index contributed by atoms with van der Waals surface area (Å²) in [5.41, 5.74) is 5.84. The number of hydrogen-bond donors (Lipinski definition) is 1. The average Bonchev–Trinajstić information content (AvgIpc) is 2.64. The summed E-state index contributed by atoms with van der Waals surface area (Å²) >= 11 is 0. The molecule has 0 aromatic carbocycles. The van der Waals surface area contributed by atoms with Crippen LogP contribution in [0.1, 0.15) is 25.0 Å². The largest absolute Gasteiger partial charge is 0.469 e. The van der Waals surface area contributed by atoms with E-state index in [1.165, 1.54) is 0 Å². The van der Waals surface area contributed by atoms with E-state index in [2.05, 4.69) is 5.92 Å². The van der Waals surface area contributed by atoms with E-state index < -0.39 is 0 Å². The Morgan fingerprint density at radius 3 is 3.00 bits per heavy atom. The van der Waals surface area contributed by atoms with Gasteiger partial charge in [-0.15, -0.1) is 12.3 Å². The smallest absolute Gasteiger partial charge is 0.103 e. The minimum absolute atomic E-state index is 0.196. The number of furan rings is 1. The molecule has 0 radical (unpaired) electrons. The van der Waals surface area contributed by atoms with E-state index in [1.807, 2.05) is 12.1 Å². The Labute approximate surface area is 79.1 Å². The lowest BCUT2D eigenvalue weighted by Crippen LogP contribution is -2.20. The molecule has 1 rings (SSSR count). The minimum atomic E-state index is 0.196. The van der Waals surface area contributed by atoms with E-state index in [4.69, 9.17) is 16.6 Å². The summed E-state index contributed by atoms with van der Waals surface area (Å²) < 4.78 is 5.19. The molecule has 1 unspecified atom stereocenters. The molecule has 13 heavy (non-hydrogen) atoms. The van der Waals surface area contributed by atoms with Crippen molar-refractivity contribution < 1.29 is 4.42 Å². The monoisotopic (exact) mass is 177 g/mol. The molecular weight excluding hydrogens is 162 g/mol. The molecule has 70 valence electrons. The highest BCUT2D eigenvalue weighted by Gasteiger charge is 2.03. The van der Waals surface area contributed by atoms with Crippen LogP contribution >= 0.6 is 0 Å². The van der Waals surface area contributed by atoms with Gasteiger partial charge in [0.1, 0.15) is 5.76 Å². The van der Waals surface area contributed by atoms with Crippen LogP contribution in [0.15, 0.2) is 22.8 Å². The predicted octanol–water partition coefficient (Wildman–Crippen LogP) is 1.95. The predicted molar refractivity (Wildman–Crippen MR) is 53.1 cm³/mol. The van der Waals surface area contributed by atoms with Gasteiger partial charge in [0.25, 0.3) is 0 Å². The first-order valence-electron chi connectivity index (χ1n) is 4.54. The van der Waals surface area contributed by atoms with Crippen LogP contribution in [0, 0.1) is 12.3 Å². The summed E-state index contributed by atoms with van der Waals surface area (Å²) in [6, 6.07) is 4.05. The second kappa shape index (κ2) is 5.45. The average molecular weight is 177 g/mol. The zero-order valence-corrected chi connectivity index (χ0v) is 7.70. The third kappa shape index (κ3) is 3.82. The minimum Gasteiger partial charge on any atom is -0.469 e. The van der Waals surface area contributed by atoms with Gasteiger partial charge in [0.2, 0.25) is 0 Å². The molecule has 1 aromatic heterocycles. The van der Waals surface area contributed by atoms with Gasteiger partial charge in [-0.05, 0) is 25.0 Å². The summed E-state index contributed by atoms with van der Waals surface area (Å²) in [5, 5.41) is 0. The van der Waals surface area contributed by atoms with Crippen LogP contribution in [-0.2, 0) is 6.42 Å². The van der Waals surface area contributed by atoms with E-state index in [9.17, 15) is 0 Å². The Hall–Kier alpha value is -1.20. The van der Waals surface area contributed by atoms with Crippen LogP contribution in [0.4, 0.5) is 0 Å². The van der Waals surface area contributed by atoms with Crippen molar-refractivity contribution >= 4 is 0 Å². The van der Waals surface area contributed by atoms with Crippen molar-refractivity contribution in [3.8, 4) is 12.3 Å². The summed E-state index contributed by atoms with van der Waals surface area (Å²) in [6.45, 7) is 0. The van der Waals surface area contributed by atoms with Gasteiger partial charge in [0, 0.05) is 18.9 Å². The highest BCUT2D eigenvalue weighted by atomic mass is 16.3. The van der Waals surface area contributed by atoms with Crippen LogP contribution in [-0.4, -0.2) is 6.04 Å². The first-order valence-corrected chi connectivity index (χ1v) is 4.54. The Kier molecular flexibility index (Phi) is 4.14. The van der Waals surface area contributed by atoms with Gasteiger partial charge in [-0.1, -0.05) is 0 Å². The Morgan fingerprint density at radius 1 is 1.54 bits per heavy atom. The number of hydrogen-bond acceptors (Lipinski definition) is 2. The summed E-state index contributed by atoms with van der Waals surface area (Å²) in [5.74, 6) is 3.58. The van der Waals surface area contributed by atoms with E-state index in [0.717, 1.165) is 31.4 Å². The fourth-order valence-electron chi connectivity index (χ4n) is 1.20. The van der Waals surface area contributed by atoms with Crippen molar-refractivity contribution in [1.82, 2.24) is 0 Å². The second-order valence-electron chi connectivity index (χ2n) is 3.12. The second-order valence-corrected chi connectivity index (χ2v) is 3.12. The molecule has 1 aromatic rings. The molecule has 0 saturated carbocycles. The van der Waals surface area contributed by atoms with Crippen molar-refractivity contribution in [2.75, 3.05) is 0 Å². The molecule has 0 spiro atoms. The number of aryl methyl sites for hydroxylation is 1. The summed E-state index contributed by atoms with van der Waals surface area (Å²) in [7, 11) is 0. The van der Waals surface area contributed by atoms with Crippen molar-refractivity contribution in [3.63, 3.8) is 0 Å². The van der Waals surface area contributed by atoms with Crippen molar-refractivity contribution in [2.24, 2.45) is 5.73 Å². The van der Waals surface area contributed by atoms with Gasteiger partial charge in [-0.3, -0.25) is 0 Å². The van der Waals surface area contributed by atoms with Gasteiger partial charge < -0.3 is 10.2 Å². The first-order chi connectivity index (χ1) is 6.33. The molecule has 2 nitrogen and oxygen atoms in total. The Bertz CT molecular complexity index is 258. The number of nitrogens with two attached hydrogens (primary N) is 1. The van der Waals surface area contributed by atoms with Crippen molar-refractivity contribution in [2.45, 2.75) is 31.7 Å². The molecule has 1 heterocycles. The highest BCUT2D eigenvalue weighted by Crippen LogP contribution is 2.07. The SMILES string of the molecule is C#CCCC(N)CCc1ccco1. The maximum atomic E-state index is 5.84. The Morgan fingerprint density at radius 2 is 2.38 bits per heavy atom. The maximum absolute atomic E-state index is 5.84. The van der Waals surface area contributed by atoms with Crippen LogP contribution in [0.2, 0.25) is 0 Å². The van der Waals surface area contributed by atoms with Crippen LogP contribution < -0.4 is 5.73 Å². The normalized spacial score (nSPS) is 12.3. The van der Waals surface area contributed by atoms with Gasteiger partial charge in [0.15, 0.2) is 0 Å². The highest BCUT2D eigenvalue weighted by molar-refractivity contribution is 4.98. The van der Waals surface area contributed by atoms with Gasteiger partial charge >= 0.3 is 0 Å². The zero-order chi connectivity index (χ0) is 9.52. The maximum Gasteiger partial charge on any atom is 0.103 e. The molecule has 0 saturated heterocycles. The van der Waals surface area contributed by atoms with Crippen molar-refractivity contribution in [1.29, 1.82) is 0 Å². The molecule has 2 N–H and O–H groups in total. The quantitative estimate of drug-likeness (QED) is 0.698. The van der Waals surface area contributed by atoms with Gasteiger partial charge in [0.05, 0.1) is 6.26 Å². The molecule has 0 amide bonds. The standard InChI is InChI=1S/C11H15NO/c1-2-3-5-10(12)7-8-11-6-4-9-13-11/h1,4,6,9-10H,3,5,7-8,12H2. The van der Waals surface area contributed by atoms with E-state index >= 15 is 0 Å². The fourth-order valence-corrected chi connectivity index (χ4v) is 1.20. The zero-order valence-electron chi connectivity index (χ0n) is 7.70. The molecule has 0 aliphatic rings. The topological polar surface area (TPSA) is 39.2 Å². The fraction of sp³-hybridized carbons (Fsp3) is 0.455. The molecule has 0 bridgehead atoms. The third-order valence-electron chi connectivity index (χ3n) is 2.00. The van der Waals surface area contributed by atoms with Crippen molar-refractivity contribution in [3.05, 3.63) is 24.2 Å². The molecule has 0 aliphatic heterocycles. The third-order valence-corrected chi connectivity index (χ3v) is 2.00. The van der Waals surface area contributed by atoms with E-state index in [1.54, 1.807) is 6.26 Å². The van der Waals surface area contributed by atoms with E-state index in [0.29, 0.717) is 0 Å². The Balaban J connectivity index is 2.16.